The molecule has 7 heteroatoms. The summed E-state index contributed by atoms with van der Waals surface area (Å²) >= 11 is 0. The third-order valence-corrected chi connectivity index (χ3v) is 8.33. The van der Waals surface area contributed by atoms with Crippen LogP contribution in [0.5, 0.6) is 0 Å². The summed E-state index contributed by atoms with van der Waals surface area (Å²) in [5, 5.41) is 14.3. The molecule has 0 fully saturated rings. The van der Waals surface area contributed by atoms with Gasteiger partial charge in [0.25, 0.3) is 10.0 Å². The summed E-state index contributed by atoms with van der Waals surface area (Å²) in [6, 6.07) is 19.9. The lowest BCUT2D eigenvalue weighted by molar-refractivity contribution is -0.121. The highest BCUT2D eigenvalue weighted by molar-refractivity contribution is 7.89. The van der Waals surface area contributed by atoms with Gasteiger partial charge in [-0.2, -0.15) is 22.9 Å². The molecule has 0 saturated carbocycles. The minimum atomic E-state index is -3.87. The zero-order valence-corrected chi connectivity index (χ0v) is 18.3. The third-order valence-electron chi connectivity index (χ3n) is 6.78. The van der Waals surface area contributed by atoms with Crippen LogP contribution in [0.1, 0.15) is 30.2 Å². The molecule has 2 aliphatic carbocycles. The highest BCUT2D eigenvalue weighted by Gasteiger charge is 2.53. The van der Waals surface area contributed by atoms with Crippen LogP contribution in [0.4, 0.5) is 0 Å². The molecule has 160 valence electrons. The van der Waals surface area contributed by atoms with Gasteiger partial charge in [0, 0.05) is 12.1 Å². The van der Waals surface area contributed by atoms with Crippen LogP contribution in [-0.4, -0.2) is 23.4 Å². The molecule has 0 unspecified atom stereocenters. The van der Waals surface area contributed by atoms with Crippen molar-refractivity contribution in [1.82, 2.24) is 9.19 Å². The predicted octanol–water partition coefficient (Wildman–Crippen LogP) is 3.64. The van der Waals surface area contributed by atoms with Crippen molar-refractivity contribution in [3.05, 3.63) is 95.3 Å². The van der Waals surface area contributed by atoms with Crippen LogP contribution in [-0.2, 0) is 26.7 Å². The summed E-state index contributed by atoms with van der Waals surface area (Å²) in [7, 11) is -3.87. The standard InChI is InChI=1S/C25H21N3O3S/c1-17-22-13-12-18-16-28(32(30,31)21-10-6-3-7-11-21)27-24(18)25(22,14-19(15-26)23(17)29)20-8-4-2-5-9-20/h2-11,14,16-17,22H,12-13H2,1H3/t17-,22-,25+/m0/s1. The number of hydrogen-bond donors (Lipinski definition) is 0. The number of hydrogen-bond acceptors (Lipinski definition) is 5. The molecule has 6 nitrogen and oxygen atoms in total. The number of allylic oxidation sites excluding steroid dienone is 2. The number of carbonyl (C=O) groups excluding carboxylic acids is 1. The number of benzene rings is 2. The molecule has 3 atom stereocenters. The van der Waals surface area contributed by atoms with Gasteiger partial charge in [0.15, 0.2) is 5.78 Å². The van der Waals surface area contributed by atoms with Crippen LogP contribution in [0.2, 0.25) is 0 Å². The maximum Gasteiger partial charge on any atom is 0.282 e. The zero-order valence-electron chi connectivity index (χ0n) is 17.5. The number of nitriles is 1. The minimum Gasteiger partial charge on any atom is -0.293 e. The van der Waals surface area contributed by atoms with Crippen molar-refractivity contribution in [2.24, 2.45) is 11.8 Å². The monoisotopic (exact) mass is 443 g/mol. The van der Waals surface area contributed by atoms with Gasteiger partial charge >= 0.3 is 0 Å². The second-order valence-electron chi connectivity index (χ2n) is 8.40. The first-order valence-corrected chi connectivity index (χ1v) is 12.0. The highest BCUT2D eigenvalue weighted by Crippen LogP contribution is 2.53. The SMILES string of the molecule is C[C@@H]1C(=O)C(C#N)=C[C@]2(c3ccccc3)c3nn(S(=O)(=O)c4ccccc4)cc3CC[C@@H]12. The molecule has 0 bridgehead atoms. The summed E-state index contributed by atoms with van der Waals surface area (Å²) in [6.45, 7) is 1.86. The van der Waals surface area contributed by atoms with E-state index in [9.17, 15) is 18.5 Å². The lowest BCUT2D eigenvalue weighted by Gasteiger charge is -2.46. The van der Waals surface area contributed by atoms with Crippen molar-refractivity contribution >= 4 is 15.8 Å². The molecule has 0 aliphatic heterocycles. The van der Waals surface area contributed by atoms with Crippen LogP contribution < -0.4 is 0 Å². The smallest absolute Gasteiger partial charge is 0.282 e. The molecule has 5 rings (SSSR count). The molecular formula is C25H21N3O3S. The molecule has 1 aromatic heterocycles. The van der Waals surface area contributed by atoms with E-state index in [0.717, 1.165) is 15.2 Å². The van der Waals surface area contributed by atoms with Gasteiger partial charge in [-0.25, -0.2) is 0 Å². The molecular weight excluding hydrogens is 422 g/mol. The Morgan fingerprint density at radius 1 is 1.09 bits per heavy atom. The molecule has 0 saturated heterocycles. The summed E-state index contributed by atoms with van der Waals surface area (Å²) in [6.07, 6.45) is 4.62. The molecule has 0 spiro atoms. The molecule has 0 amide bonds. The van der Waals surface area contributed by atoms with Gasteiger partial charge in [-0.15, -0.1) is 0 Å². The zero-order chi connectivity index (χ0) is 22.5. The Morgan fingerprint density at radius 3 is 2.41 bits per heavy atom. The Bertz CT molecular complexity index is 1390. The van der Waals surface area contributed by atoms with Gasteiger partial charge in [0.2, 0.25) is 0 Å². The van der Waals surface area contributed by atoms with Gasteiger partial charge in [-0.3, -0.25) is 4.79 Å². The van der Waals surface area contributed by atoms with Crippen molar-refractivity contribution in [1.29, 1.82) is 5.26 Å². The van der Waals surface area contributed by atoms with Crippen LogP contribution in [0, 0.1) is 23.2 Å². The second-order valence-corrected chi connectivity index (χ2v) is 10.2. The topological polar surface area (TPSA) is 92.8 Å². The van der Waals surface area contributed by atoms with E-state index in [1.165, 1.54) is 0 Å². The van der Waals surface area contributed by atoms with Crippen LogP contribution >= 0.6 is 0 Å². The lowest BCUT2D eigenvalue weighted by Crippen LogP contribution is -2.48. The number of aryl methyl sites for hydroxylation is 1. The number of rotatable bonds is 3. The quantitative estimate of drug-likeness (QED) is 0.616. The fourth-order valence-electron chi connectivity index (χ4n) is 5.24. The summed E-state index contributed by atoms with van der Waals surface area (Å²) in [5.41, 5.74) is 1.59. The maximum atomic E-state index is 13.3. The second kappa shape index (κ2) is 7.28. The summed E-state index contributed by atoms with van der Waals surface area (Å²) < 4.78 is 27.6. The lowest BCUT2D eigenvalue weighted by atomic mass is 9.54. The Labute approximate surface area is 186 Å². The van der Waals surface area contributed by atoms with Gasteiger partial charge in [-0.05, 0) is 48.1 Å². The van der Waals surface area contributed by atoms with Crippen molar-refractivity contribution in [3.63, 3.8) is 0 Å². The summed E-state index contributed by atoms with van der Waals surface area (Å²) in [5.74, 6) is -0.660. The van der Waals surface area contributed by atoms with E-state index >= 15 is 0 Å². The number of ketones is 1. The van der Waals surface area contributed by atoms with E-state index in [2.05, 4.69) is 11.2 Å². The number of aromatic nitrogens is 2. The largest absolute Gasteiger partial charge is 0.293 e. The molecule has 32 heavy (non-hydrogen) atoms. The first kappa shape index (κ1) is 20.4. The van der Waals surface area contributed by atoms with Crippen molar-refractivity contribution in [2.75, 3.05) is 0 Å². The normalized spacial score (nSPS) is 24.8. The van der Waals surface area contributed by atoms with E-state index in [1.54, 1.807) is 42.6 Å². The van der Waals surface area contributed by atoms with E-state index in [-0.39, 0.29) is 28.1 Å². The van der Waals surface area contributed by atoms with Gasteiger partial charge in [0.1, 0.15) is 6.07 Å². The van der Waals surface area contributed by atoms with Crippen molar-refractivity contribution < 1.29 is 13.2 Å². The first-order chi connectivity index (χ1) is 15.4. The van der Waals surface area contributed by atoms with Crippen LogP contribution in [0.25, 0.3) is 0 Å². The van der Waals surface area contributed by atoms with Crippen molar-refractivity contribution in [3.8, 4) is 6.07 Å². The average molecular weight is 444 g/mol. The Morgan fingerprint density at radius 2 is 1.75 bits per heavy atom. The molecule has 1 heterocycles. The number of fused-ring (bicyclic) bond motifs is 3. The molecule has 2 aromatic carbocycles. The highest BCUT2D eigenvalue weighted by atomic mass is 32.2. The van der Waals surface area contributed by atoms with E-state index < -0.39 is 15.4 Å². The summed E-state index contributed by atoms with van der Waals surface area (Å²) in [4.78, 5) is 13.0. The fraction of sp³-hybridized carbons (Fsp3) is 0.240. The van der Waals surface area contributed by atoms with Gasteiger partial charge in [-0.1, -0.05) is 55.5 Å². The van der Waals surface area contributed by atoms with E-state index in [1.807, 2.05) is 37.3 Å². The van der Waals surface area contributed by atoms with Crippen molar-refractivity contribution in [2.45, 2.75) is 30.1 Å². The molecule has 0 radical (unpaired) electrons. The van der Waals surface area contributed by atoms with Crippen LogP contribution in [0.3, 0.4) is 0 Å². The van der Waals surface area contributed by atoms with Gasteiger partial charge < -0.3 is 0 Å². The molecule has 0 N–H and O–H groups in total. The number of nitrogens with zero attached hydrogens (tertiary/aromatic N) is 3. The number of carbonyl (C=O) groups is 1. The maximum absolute atomic E-state index is 13.3. The third kappa shape index (κ3) is 2.80. The Hall–Kier alpha value is -3.50. The average Bonchev–Trinajstić information content (AvgIpc) is 3.28. The minimum absolute atomic E-state index is 0.103. The molecule has 3 aromatic rings. The number of Topliss-reactive ketones (excluding diaryl/α,β-unsaturated/α-hetero) is 1. The van der Waals surface area contributed by atoms with E-state index in [0.29, 0.717) is 18.5 Å². The van der Waals surface area contributed by atoms with Crippen LogP contribution in [0.15, 0.2) is 83.4 Å². The molecule has 2 aliphatic rings. The fourth-order valence-corrected chi connectivity index (χ4v) is 6.41. The predicted molar refractivity (Wildman–Crippen MR) is 118 cm³/mol. The Balaban J connectivity index is 1.79. The Kier molecular flexibility index (Phi) is 4.64. The van der Waals surface area contributed by atoms with E-state index in [4.69, 9.17) is 0 Å². The van der Waals surface area contributed by atoms with Gasteiger partial charge in [0.05, 0.1) is 21.6 Å². The first-order valence-electron chi connectivity index (χ1n) is 10.5.